The summed E-state index contributed by atoms with van der Waals surface area (Å²) in [5, 5.41) is 1.00. The van der Waals surface area contributed by atoms with Gasteiger partial charge in [0, 0.05) is 42.7 Å². The molecule has 0 aliphatic carbocycles. The number of Topliss-reactive ketones (excluding diaryl/α,β-unsaturated/α-hetero) is 1. The molecule has 0 saturated carbocycles. The topological polar surface area (TPSA) is 71.0 Å². The van der Waals surface area contributed by atoms with Gasteiger partial charge in [-0.2, -0.15) is 0 Å². The van der Waals surface area contributed by atoms with Crippen LogP contribution in [0.1, 0.15) is 42.1 Å². The van der Waals surface area contributed by atoms with Crippen molar-refractivity contribution < 1.29 is 4.79 Å². The third-order valence-corrected chi connectivity index (χ3v) is 6.34. The summed E-state index contributed by atoms with van der Waals surface area (Å²) in [6.45, 7) is 2.80. The van der Waals surface area contributed by atoms with E-state index in [-0.39, 0.29) is 17.5 Å². The first-order valence-electron chi connectivity index (χ1n) is 11.0. The number of piperidine rings is 1. The molecule has 0 radical (unpaired) electrons. The van der Waals surface area contributed by atoms with E-state index in [9.17, 15) is 9.59 Å². The number of aromatic amines is 1. The first-order valence-corrected chi connectivity index (χ1v) is 11.0. The smallest absolute Gasteiger partial charge is 0.306 e. The molecule has 0 atom stereocenters. The Morgan fingerprint density at radius 3 is 2.71 bits per heavy atom. The second-order valence-corrected chi connectivity index (χ2v) is 8.33. The van der Waals surface area contributed by atoms with E-state index >= 15 is 0 Å². The van der Waals surface area contributed by atoms with Crippen molar-refractivity contribution in [3.63, 3.8) is 0 Å². The highest BCUT2D eigenvalue weighted by molar-refractivity contribution is 5.98. The molecular formula is C25H26N4O2. The third kappa shape index (κ3) is 4.03. The highest BCUT2D eigenvalue weighted by atomic mass is 16.1. The molecule has 0 bridgehead atoms. The number of rotatable bonds is 6. The normalized spacial score (nSPS) is 15.6. The van der Waals surface area contributed by atoms with Gasteiger partial charge in [0.15, 0.2) is 5.78 Å². The average Bonchev–Trinajstić information content (AvgIpc) is 3.15. The van der Waals surface area contributed by atoms with Gasteiger partial charge in [-0.05, 0) is 50.1 Å². The number of benzene rings is 2. The van der Waals surface area contributed by atoms with Gasteiger partial charge in [0.1, 0.15) is 0 Å². The van der Waals surface area contributed by atoms with Crippen molar-refractivity contribution in [3.05, 3.63) is 76.8 Å². The fraction of sp³-hybridized carbons (Fsp3) is 0.320. The molecule has 4 aromatic rings. The summed E-state index contributed by atoms with van der Waals surface area (Å²) in [5.74, 6) is 0.151. The number of H-pyrrole nitrogens is 1. The van der Waals surface area contributed by atoms with Crippen LogP contribution in [0.4, 0.5) is 0 Å². The second-order valence-electron chi connectivity index (χ2n) is 8.33. The lowest BCUT2D eigenvalue weighted by molar-refractivity contribution is 0.0970. The minimum absolute atomic E-state index is 0.0192. The fourth-order valence-electron chi connectivity index (χ4n) is 4.67. The minimum Gasteiger partial charge on any atom is -0.306 e. The quantitative estimate of drug-likeness (QED) is 0.481. The van der Waals surface area contributed by atoms with Gasteiger partial charge in [0.2, 0.25) is 0 Å². The van der Waals surface area contributed by atoms with E-state index in [1.807, 2.05) is 59.2 Å². The van der Waals surface area contributed by atoms with Gasteiger partial charge in [-0.15, -0.1) is 0 Å². The zero-order valence-corrected chi connectivity index (χ0v) is 17.5. The number of likely N-dealkylation sites (tertiary alicyclic amines) is 1. The Balaban J connectivity index is 1.14. The van der Waals surface area contributed by atoms with Crippen molar-refractivity contribution in [2.24, 2.45) is 0 Å². The molecule has 158 valence electrons. The van der Waals surface area contributed by atoms with Crippen LogP contribution >= 0.6 is 0 Å². The molecule has 3 heterocycles. The Kier molecular flexibility index (Phi) is 5.38. The van der Waals surface area contributed by atoms with Crippen molar-refractivity contribution in [2.75, 3.05) is 19.6 Å². The number of para-hydroxylation sites is 3. The maximum Gasteiger partial charge on any atom is 0.326 e. The maximum atomic E-state index is 12.6. The minimum atomic E-state index is -0.0192. The molecule has 0 spiro atoms. The van der Waals surface area contributed by atoms with E-state index in [1.54, 1.807) is 6.20 Å². The van der Waals surface area contributed by atoms with Crippen LogP contribution in [0.25, 0.3) is 21.9 Å². The lowest BCUT2D eigenvalue weighted by atomic mass is 10.0. The molecule has 2 aromatic heterocycles. The molecule has 1 fully saturated rings. The lowest BCUT2D eigenvalue weighted by Gasteiger charge is -2.32. The molecule has 2 aromatic carbocycles. The molecule has 1 saturated heterocycles. The number of nitrogens with zero attached hydrogens (tertiary/aromatic N) is 3. The van der Waals surface area contributed by atoms with Crippen molar-refractivity contribution in [1.82, 2.24) is 19.4 Å². The summed E-state index contributed by atoms with van der Waals surface area (Å²) in [5.41, 5.74) is 3.47. The Hall–Kier alpha value is -3.25. The monoisotopic (exact) mass is 414 g/mol. The SMILES string of the molecule is O=C(CCCN1CCC(n2c(=O)[nH]c3ccccc32)CC1)c1cnc2ccccc2c1. The highest BCUT2D eigenvalue weighted by Crippen LogP contribution is 2.25. The van der Waals surface area contributed by atoms with E-state index < -0.39 is 0 Å². The lowest BCUT2D eigenvalue weighted by Crippen LogP contribution is -2.37. The summed E-state index contributed by atoms with van der Waals surface area (Å²) in [6, 6.07) is 17.9. The van der Waals surface area contributed by atoms with Crippen LogP contribution in [0.5, 0.6) is 0 Å². The number of aromatic nitrogens is 3. The molecule has 6 heteroatoms. The van der Waals surface area contributed by atoms with Gasteiger partial charge in [-0.3, -0.25) is 14.3 Å². The summed E-state index contributed by atoms with van der Waals surface area (Å²) in [6.07, 6.45) is 4.95. The predicted molar refractivity (Wildman–Crippen MR) is 123 cm³/mol. The predicted octanol–water partition coefficient (Wildman–Crippen LogP) is 4.18. The second kappa shape index (κ2) is 8.47. The van der Waals surface area contributed by atoms with Crippen LogP contribution < -0.4 is 5.69 Å². The zero-order chi connectivity index (χ0) is 21.2. The first kappa shape index (κ1) is 19.7. The van der Waals surface area contributed by atoms with Crippen molar-refractivity contribution in [1.29, 1.82) is 0 Å². The summed E-state index contributed by atoms with van der Waals surface area (Å²) >= 11 is 0. The van der Waals surface area contributed by atoms with Crippen molar-refractivity contribution >= 4 is 27.7 Å². The van der Waals surface area contributed by atoms with Crippen molar-refractivity contribution in [3.8, 4) is 0 Å². The van der Waals surface area contributed by atoms with E-state index in [4.69, 9.17) is 0 Å². The average molecular weight is 415 g/mol. The Morgan fingerprint density at radius 1 is 1.06 bits per heavy atom. The summed E-state index contributed by atoms with van der Waals surface area (Å²) in [7, 11) is 0. The third-order valence-electron chi connectivity index (χ3n) is 6.34. The summed E-state index contributed by atoms with van der Waals surface area (Å²) in [4.78, 5) is 34.8. The van der Waals surface area contributed by atoms with E-state index in [2.05, 4.69) is 14.9 Å². The molecule has 6 nitrogen and oxygen atoms in total. The van der Waals surface area contributed by atoms with Crippen molar-refractivity contribution in [2.45, 2.75) is 31.7 Å². The van der Waals surface area contributed by atoms with E-state index in [1.165, 1.54) is 0 Å². The van der Waals surface area contributed by atoms with E-state index in [0.29, 0.717) is 12.0 Å². The van der Waals surface area contributed by atoms with Crippen LogP contribution in [0.15, 0.2) is 65.6 Å². The molecule has 31 heavy (non-hydrogen) atoms. The number of fused-ring (bicyclic) bond motifs is 2. The highest BCUT2D eigenvalue weighted by Gasteiger charge is 2.23. The fourth-order valence-corrected chi connectivity index (χ4v) is 4.67. The Morgan fingerprint density at radius 2 is 1.84 bits per heavy atom. The number of carbonyl (C=O) groups is 1. The number of ketones is 1. The number of imidazole rings is 1. The zero-order valence-electron chi connectivity index (χ0n) is 17.5. The van der Waals surface area contributed by atoms with Crippen LogP contribution in [0, 0.1) is 0 Å². The molecule has 1 N–H and O–H groups in total. The number of pyridine rings is 1. The van der Waals surface area contributed by atoms with Gasteiger partial charge >= 0.3 is 5.69 Å². The number of nitrogens with one attached hydrogen (secondary N) is 1. The summed E-state index contributed by atoms with van der Waals surface area (Å²) < 4.78 is 1.92. The van der Waals surface area contributed by atoms with Crippen LogP contribution in [-0.2, 0) is 0 Å². The molecule has 0 amide bonds. The molecule has 1 aliphatic heterocycles. The van der Waals surface area contributed by atoms with Gasteiger partial charge in [0.05, 0.1) is 16.6 Å². The Labute approximate surface area is 180 Å². The largest absolute Gasteiger partial charge is 0.326 e. The number of hydrogen-bond acceptors (Lipinski definition) is 4. The standard InChI is InChI=1S/C25H26N4O2/c30-24(19-16-18-6-1-2-7-21(18)26-17-19)10-5-13-28-14-11-20(12-15-28)29-23-9-4-3-8-22(23)27-25(29)31/h1-4,6-9,16-17,20H,5,10-15H2,(H,27,31). The maximum absolute atomic E-state index is 12.6. The van der Waals surface area contributed by atoms with Crippen LogP contribution in [0.3, 0.4) is 0 Å². The van der Waals surface area contributed by atoms with E-state index in [0.717, 1.165) is 60.8 Å². The molecule has 5 rings (SSSR count). The van der Waals surface area contributed by atoms with Crippen LogP contribution in [-0.4, -0.2) is 44.9 Å². The molecule has 1 aliphatic rings. The van der Waals surface area contributed by atoms with Gasteiger partial charge < -0.3 is 9.88 Å². The number of hydrogen-bond donors (Lipinski definition) is 1. The number of carbonyl (C=O) groups excluding carboxylic acids is 1. The van der Waals surface area contributed by atoms with Gasteiger partial charge in [0.25, 0.3) is 0 Å². The molecule has 0 unspecified atom stereocenters. The van der Waals surface area contributed by atoms with Gasteiger partial charge in [-0.1, -0.05) is 30.3 Å². The first-order chi connectivity index (χ1) is 15.2. The molecular weight excluding hydrogens is 388 g/mol. The van der Waals surface area contributed by atoms with Gasteiger partial charge in [-0.25, -0.2) is 4.79 Å². The van der Waals surface area contributed by atoms with Crippen LogP contribution in [0.2, 0.25) is 0 Å². The Bertz CT molecular complexity index is 1280.